The monoisotopic (exact) mass is 364 g/mol. The maximum Gasteiger partial charge on any atom is 0.229 e. The van der Waals surface area contributed by atoms with Crippen LogP contribution in [0.3, 0.4) is 0 Å². The molecule has 0 saturated heterocycles. The minimum atomic E-state index is -0.529. The SMILES string of the molecule is CCCCNC1=C(NC(C)=O)C(=O)C(NCCCC)=C(NC(C)=O)C1=O. The highest BCUT2D eigenvalue weighted by Crippen LogP contribution is 2.20. The van der Waals surface area contributed by atoms with Gasteiger partial charge in [-0.15, -0.1) is 0 Å². The Bertz CT molecular complexity index is 594. The van der Waals surface area contributed by atoms with Gasteiger partial charge in [0.1, 0.15) is 22.8 Å². The van der Waals surface area contributed by atoms with Gasteiger partial charge in [-0.05, 0) is 12.8 Å². The van der Waals surface area contributed by atoms with Gasteiger partial charge in [0.2, 0.25) is 23.4 Å². The van der Waals surface area contributed by atoms with Gasteiger partial charge in [0.05, 0.1) is 0 Å². The Morgan fingerprint density at radius 3 is 1.31 bits per heavy atom. The Hall–Kier alpha value is -2.64. The van der Waals surface area contributed by atoms with Crippen LogP contribution >= 0.6 is 0 Å². The van der Waals surface area contributed by atoms with Crippen LogP contribution in [0.25, 0.3) is 0 Å². The molecule has 0 bridgehead atoms. The average molecular weight is 364 g/mol. The predicted octanol–water partition coefficient (Wildman–Crippen LogP) is 0.613. The molecular formula is C18H28N4O4. The van der Waals surface area contributed by atoms with Crippen molar-refractivity contribution >= 4 is 23.4 Å². The fourth-order valence-corrected chi connectivity index (χ4v) is 2.41. The summed E-state index contributed by atoms with van der Waals surface area (Å²) >= 11 is 0. The van der Waals surface area contributed by atoms with E-state index >= 15 is 0 Å². The van der Waals surface area contributed by atoms with Gasteiger partial charge in [-0.3, -0.25) is 19.2 Å². The highest BCUT2D eigenvalue weighted by molar-refractivity contribution is 6.25. The third-order valence-electron chi connectivity index (χ3n) is 3.67. The number of hydrogen-bond donors (Lipinski definition) is 4. The molecule has 0 aromatic carbocycles. The van der Waals surface area contributed by atoms with E-state index in [0.717, 1.165) is 25.7 Å². The minimum Gasteiger partial charge on any atom is -0.380 e. The Morgan fingerprint density at radius 2 is 1.04 bits per heavy atom. The fraction of sp³-hybridized carbons (Fsp3) is 0.556. The molecule has 0 aromatic heterocycles. The Labute approximate surface area is 153 Å². The molecule has 0 spiro atoms. The molecule has 0 atom stereocenters. The normalized spacial score (nSPS) is 14.5. The van der Waals surface area contributed by atoms with Crippen LogP contribution in [0.4, 0.5) is 0 Å². The Balaban J connectivity index is 3.30. The lowest BCUT2D eigenvalue weighted by atomic mass is 9.98. The van der Waals surface area contributed by atoms with Crippen molar-refractivity contribution in [2.75, 3.05) is 13.1 Å². The molecule has 8 heteroatoms. The lowest BCUT2D eigenvalue weighted by Crippen LogP contribution is -2.45. The van der Waals surface area contributed by atoms with E-state index in [0.29, 0.717) is 13.1 Å². The molecule has 1 rings (SSSR count). The van der Waals surface area contributed by atoms with Gasteiger partial charge < -0.3 is 21.3 Å². The van der Waals surface area contributed by atoms with Gasteiger partial charge in [-0.2, -0.15) is 0 Å². The second kappa shape index (κ2) is 10.4. The van der Waals surface area contributed by atoms with Gasteiger partial charge in [0.25, 0.3) is 0 Å². The maximum atomic E-state index is 12.9. The second-order valence-electron chi connectivity index (χ2n) is 6.08. The van der Waals surface area contributed by atoms with E-state index in [1.807, 2.05) is 13.8 Å². The van der Waals surface area contributed by atoms with Crippen LogP contribution in [-0.2, 0) is 19.2 Å². The van der Waals surface area contributed by atoms with E-state index in [1.165, 1.54) is 13.8 Å². The highest BCUT2D eigenvalue weighted by atomic mass is 16.2. The third-order valence-corrected chi connectivity index (χ3v) is 3.67. The number of ketones is 2. The van der Waals surface area contributed by atoms with E-state index in [1.54, 1.807) is 0 Å². The van der Waals surface area contributed by atoms with Gasteiger partial charge in [0, 0.05) is 26.9 Å². The van der Waals surface area contributed by atoms with Crippen molar-refractivity contribution in [3.05, 3.63) is 22.8 Å². The summed E-state index contributed by atoms with van der Waals surface area (Å²) < 4.78 is 0. The van der Waals surface area contributed by atoms with Crippen LogP contribution in [0.15, 0.2) is 22.8 Å². The van der Waals surface area contributed by atoms with Crippen LogP contribution < -0.4 is 21.3 Å². The highest BCUT2D eigenvalue weighted by Gasteiger charge is 2.35. The number of rotatable bonds is 10. The van der Waals surface area contributed by atoms with Crippen LogP contribution in [-0.4, -0.2) is 36.5 Å². The summed E-state index contributed by atoms with van der Waals surface area (Å²) in [5.74, 6) is -1.96. The Morgan fingerprint density at radius 1 is 0.692 bits per heavy atom. The molecule has 0 heterocycles. The second-order valence-corrected chi connectivity index (χ2v) is 6.08. The van der Waals surface area contributed by atoms with Crippen LogP contribution in [0, 0.1) is 0 Å². The summed E-state index contributed by atoms with van der Waals surface area (Å²) in [5.41, 5.74) is -0.176. The first kappa shape index (κ1) is 21.4. The van der Waals surface area contributed by atoms with Crippen molar-refractivity contribution in [2.45, 2.75) is 53.4 Å². The minimum absolute atomic E-state index is 0.00319. The number of carbonyl (C=O) groups is 4. The molecule has 0 aromatic rings. The van der Waals surface area contributed by atoms with Crippen molar-refractivity contribution in [1.82, 2.24) is 21.3 Å². The summed E-state index contributed by atoms with van der Waals surface area (Å²) in [6.45, 7) is 7.48. The number of carbonyl (C=O) groups excluding carboxylic acids is 4. The Kier molecular flexibility index (Phi) is 8.54. The fourth-order valence-electron chi connectivity index (χ4n) is 2.41. The van der Waals surface area contributed by atoms with Gasteiger partial charge >= 0.3 is 0 Å². The standard InChI is InChI=1S/C18H28N4O4/c1-5-7-9-19-13-15(21-11(3)23)18(26)14(20-10-8-6-2)16(17(13)25)22-12(4)24/h19-20H,5-10H2,1-4H3,(H,21,23)(H,22,24). The topological polar surface area (TPSA) is 116 Å². The smallest absolute Gasteiger partial charge is 0.229 e. The van der Waals surface area contributed by atoms with Crippen LogP contribution in [0.1, 0.15) is 53.4 Å². The van der Waals surface area contributed by atoms with E-state index in [2.05, 4.69) is 21.3 Å². The molecular weight excluding hydrogens is 336 g/mol. The molecule has 0 aliphatic heterocycles. The molecule has 8 nitrogen and oxygen atoms in total. The van der Waals surface area contributed by atoms with E-state index in [4.69, 9.17) is 0 Å². The van der Waals surface area contributed by atoms with Crippen molar-refractivity contribution in [1.29, 1.82) is 0 Å². The number of Topliss-reactive ketones (excluding diaryl/α,β-unsaturated/α-hetero) is 2. The average Bonchev–Trinajstić information content (AvgIpc) is 2.57. The van der Waals surface area contributed by atoms with Gasteiger partial charge in [-0.25, -0.2) is 0 Å². The first-order valence-corrected chi connectivity index (χ1v) is 8.94. The largest absolute Gasteiger partial charge is 0.380 e. The molecule has 144 valence electrons. The van der Waals surface area contributed by atoms with Crippen LogP contribution in [0.5, 0.6) is 0 Å². The molecule has 2 amide bonds. The molecule has 4 N–H and O–H groups in total. The zero-order valence-electron chi connectivity index (χ0n) is 15.9. The quantitative estimate of drug-likeness (QED) is 0.333. The lowest BCUT2D eigenvalue weighted by Gasteiger charge is -2.25. The molecule has 26 heavy (non-hydrogen) atoms. The van der Waals surface area contributed by atoms with E-state index in [9.17, 15) is 19.2 Å². The molecule has 1 aliphatic rings. The third kappa shape index (κ3) is 5.72. The van der Waals surface area contributed by atoms with E-state index < -0.39 is 23.4 Å². The van der Waals surface area contributed by atoms with E-state index in [-0.39, 0.29) is 22.8 Å². The van der Waals surface area contributed by atoms with Gasteiger partial charge in [0.15, 0.2) is 0 Å². The van der Waals surface area contributed by atoms with Crippen molar-refractivity contribution in [3.8, 4) is 0 Å². The lowest BCUT2D eigenvalue weighted by molar-refractivity contribution is -0.123. The molecule has 0 saturated carbocycles. The van der Waals surface area contributed by atoms with Crippen molar-refractivity contribution < 1.29 is 19.2 Å². The first-order valence-electron chi connectivity index (χ1n) is 8.94. The summed E-state index contributed by atoms with van der Waals surface area (Å²) in [6, 6.07) is 0. The zero-order valence-corrected chi connectivity index (χ0v) is 15.9. The molecule has 0 radical (unpaired) electrons. The molecule has 1 aliphatic carbocycles. The van der Waals surface area contributed by atoms with Crippen molar-refractivity contribution in [2.24, 2.45) is 0 Å². The van der Waals surface area contributed by atoms with Gasteiger partial charge in [-0.1, -0.05) is 26.7 Å². The summed E-state index contributed by atoms with van der Waals surface area (Å²) in [7, 11) is 0. The number of hydrogen-bond acceptors (Lipinski definition) is 6. The summed E-state index contributed by atoms with van der Waals surface area (Å²) in [6.07, 6.45) is 3.38. The summed E-state index contributed by atoms with van der Waals surface area (Å²) in [4.78, 5) is 48.8. The number of nitrogens with one attached hydrogen (secondary N) is 4. The summed E-state index contributed by atoms with van der Waals surface area (Å²) in [5, 5.41) is 10.8. The maximum absolute atomic E-state index is 12.9. The first-order chi connectivity index (χ1) is 12.3. The van der Waals surface area contributed by atoms with Crippen LogP contribution in [0.2, 0.25) is 0 Å². The van der Waals surface area contributed by atoms with Crippen molar-refractivity contribution in [3.63, 3.8) is 0 Å². The molecule has 0 unspecified atom stereocenters. The number of amides is 2. The number of unbranched alkanes of at least 4 members (excludes halogenated alkanes) is 2. The zero-order chi connectivity index (χ0) is 19.7. The molecule has 0 fully saturated rings. The predicted molar refractivity (Wildman–Crippen MR) is 97.5 cm³/mol.